The van der Waals surface area contributed by atoms with Crippen LogP contribution in [0.15, 0.2) is 66.0 Å². The molecular formula is C23H21N3O4. The predicted molar refractivity (Wildman–Crippen MR) is 111 cm³/mol. The first-order valence-electron chi connectivity index (χ1n) is 9.66. The topological polar surface area (TPSA) is 76.4 Å². The Labute approximate surface area is 174 Å². The zero-order chi connectivity index (χ0) is 20.7. The lowest BCUT2D eigenvalue weighted by atomic mass is 9.95. The summed E-state index contributed by atoms with van der Waals surface area (Å²) in [6, 6.07) is 15.0. The molecule has 7 heteroatoms. The van der Waals surface area contributed by atoms with E-state index in [2.05, 4.69) is 4.98 Å². The summed E-state index contributed by atoms with van der Waals surface area (Å²) < 4.78 is 17.2. The number of rotatable bonds is 4. The number of hydrogen-bond acceptors (Lipinski definition) is 7. The highest BCUT2D eigenvalue weighted by Crippen LogP contribution is 2.50. The first kappa shape index (κ1) is 18.3. The third-order valence-electron chi connectivity index (χ3n) is 5.48. The Morgan fingerprint density at radius 2 is 1.93 bits per heavy atom. The van der Waals surface area contributed by atoms with Gasteiger partial charge in [0.2, 0.25) is 6.23 Å². The van der Waals surface area contributed by atoms with Crippen molar-refractivity contribution in [2.24, 2.45) is 5.10 Å². The van der Waals surface area contributed by atoms with Gasteiger partial charge in [-0.25, -0.2) is 5.01 Å². The zero-order valence-corrected chi connectivity index (χ0v) is 16.6. The SMILES string of the molecule is COc1cc(C2=NN3[C@@H](c4cccnc4)Oc4c(OC)cccc4[C@@H]3C2)ccc1O. The van der Waals surface area contributed by atoms with Crippen LogP contribution in [0.3, 0.4) is 0 Å². The van der Waals surface area contributed by atoms with Gasteiger partial charge in [-0.15, -0.1) is 0 Å². The van der Waals surface area contributed by atoms with Gasteiger partial charge in [-0.2, -0.15) is 5.10 Å². The molecule has 2 atom stereocenters. The van der Waals surface area contributed by atoms with E-state index in [1.807, 2.05) is 41.4 Å². The Balaban J connectivity index is 1.61. The number of nitrogens with zero attached hydrogens (tertiary/aromatic N) is 3. The number of pyridine rings is 1. The average molecular weight is 403 g/mol. The minimum absolute atomic E-state index is 0.0103. The van der Waals surface area contributed by atoms with Crippen LogP contribution in [0.4, 0.5) is 0 Å². The number of hydrazone groups is 1. The van der Waals surface area contributed by atoms with Crippen LogP contribution in [0.2, 0.25) is 0 Å². The summed E-state index contributed by atoms with van der Waals surface area (Å²) in [4.78, 5) is 4.25. The zero-order valence-electron chi connectivity index (χ0n) is 16.6. The van der Waals surface area contributed by atoms with E-state index in [4.69, 9.17) is 19.3 Å². The number of benzene rings is 2. The van der Waals surface area contributed by atoms with E-state index in [0.29, 0.717) is 17.9 Å². The first-order valence-corrected chi connectivity index (χ1v) is 9.66. The molecule has 1 aromatic heterocycles. The molecule has 0 amide bonds. The van der Waals surface area contributed by atoms with Crippen molar-refractivity contribution in [3.8, 4) is 23.0 Å². The lowest BCUT2D eigenvalue weighted by Gasteiger charge is -2.38. The number of methoxy groups -OCH3 is 2. The van der Waals surface area contributed by atoms with Gasteiger partial charge in [-0.3, -0.25) is 4.98 Å². The molecule has 0 radical (unpaired) electrons. The van der Waals surface area contributed by atoms with Gasteiger partial charge < -0.3 is 19.3 Å². The summed E-state index contributed by atoms with van der Waals surface area (Å²) >= 11 is 0. The van der Waals surface area contributed by atoms with Crippen LogP contribution < -0.4 is 14.2 Å². The number of ether oxygens (including phenoxy) is 3. The fraction of sp³-hybridized carbons (Fsp3) is 0.217. The molecule has 2 aliphatic heterocycles. The summed E-state index contributed by atoms with van der Waals surface area (Å²) in [5, 5.41) is 16.8. The van der Waals surface area contributed by atoms with E-state index in [1.165, 1.54) is 7.11 Å². The van der Waals surface area contributed by atoms with Gasteiger partial charge in [0.05, 0.1) is 26.0 Å². The lowest BCUT2D eigenvalue weighted by molar-refractivity contribution is -0.0211. The number of fused-ring (bicyclic) bond motifs is 3. The molecule has 0 unspecified atom stereocenters. The van der Waals surface area contributed by atoms with E-state index in [1.54, 1.807) is 31.6 Å². The molecule has 1 N–H and O–H groups in total. The molecule has 0 bridgehead atoms. The van der Waals surface area contributed by atoms with Gasteiger partial charge in [-0.05, 0) is 30.3 Å². The maximum atomic E-state index is 9.95. The Hall–Kier alpha value is -3.74. The van der Waals surface area contributed by atoms with Gasteiger partial charge in [0.1, 0.15) is 0 Å². The van der Waals surface area contributed by atoms with Crippen molar-refractivity contribution in [1.82, 2.24) is 9.99 Å². The Bertz CT molecular complexity index is 1120. The second kappa shape index (κ2) is 7.26. The van der Waals surface area contributed by atoms with Gasteiger partial charge in [0.25, 0.3) is 0 Å². The number of phenols is 1. The normalized spacial score (nSPS) is 19.4. The van der Waals surface area contributed by atoms with Gasteiger partial charge in [0, 0.05) is 35.5 Å². The minimum Gasteiger partial charge on any atom is -0.504 e. The molecule has 152 valence electrons. The monoisotopic (exact) mass is 403 g/mol. The molecule has 0 fully saturated rings. The van der Waals surface area contributed by atoms with Crippen molar-refractivity contribution >= 4 is 5.71 Å². The van der Waals surface area contributed by atoms with Gasteiger partial charge in [0.15, 0.2) is 23.0 Å². The number of aromatic hydroxyl groups is 1. The quantitative estimate of drug-likeness (QED) is 0.708. The first-order chi connectivity index (χ1) is 14.7. The maximum Gasteiger partial charge on any atom is 0.215 e. The van der Waals surface area contributed by atoms with E-state index in [9.17, 15) is 5.11 Å². The Morgan fingerprint density at radius 3 is 2.70 bits per heavy atom. The summed E-state index contributed by atoms with van der Waals surface area (Å²) in [5.74, 6) is 1.95. The van der Waals surface area contributed by atoms with Gasteiger partial charge in [-0.1, -0.05) is 18.2 Å². The number of hydrogen-bond donors (Lipinski definition) is 1. The van der Waals surface area contributed by atoms with E-state index < -0.39 is 6.23 Å². The summed E-state index contributed by atoms with van der Waals surface area (Å²) in [6.45, 7) is 0. The third-order valence-corrected chi connectivity index (χ3v) is 5.48. The smallest absolute Gasteiger partial charge is 0.215 e. The molecule has 2 aliphatic rings. The minimum atomic E-state index is -0.427. The van der Waals surface area contributed by atoms with E-state index in [0.717, 1.165) is 28.2 Å². The summed E-state index contributed by atoms with van der Waals surface area (Å²) in [5.41, 5.74) is 3.73. The number of aromatic nitrogens is 1. The second-order valence-corrected chi connectivity index (χ2v) is 7.17. The van der Waals surface area contributed by atoms with E-state index in [-0.39, 0.29) is 11.8 Å². The largest absolute Gasteiger partial charge is 0.504 e. The fourth-order valence-corrected chi connectivity index (χ4v) is 4.02. The van der Waals surface area contributed by atoms with Crippen LogP contribution in [0.1, 0.15) is 35.4 Å². The van der Waals surface area contributed by atoms with Crippen LogP contribution in [0.25, 0.3) is 0 Å². The van der Waals surface area contributed by atoms with Crippen molar-refractivity contribution in [3.63, 3.8) is 0 Å². The van der Waals surface area contributed by atoms with Crippen LogP contribution in [-0.4, -0.2) is 35.0 Å². The molecule has 0 spiro atoms. The fourth-order valence-electron chi connectivity index (χ4n) is 4.02. The maximum absolute atomic E-state index is 9.95. The molecule has 2 aromatic carbocycles. The Kier molecular flexibility index (Phi) is 4.43. The number of phenolic OH excluding ortho intramolecular Hbond substituents is 1. The molecule has 0 saturated heterocycles. The van der Waals surface area contributed by atoms with E-state index >= 15 is 0 Å². The standard InChI is InChI=1S/C23H21N3O4/c1-28-20-7-3-6-16-18-12-17(14-8-9-19(27)21(11-14)29-2)25-26(18)23(30-22(16)20)15-5-4-10-24-13-15/h3-11,13,18,23,27H,12H2,1-2H3/t18-,23+/m0/s1. The van der Waals surface area contributed by atoms with Gasteiger partial charge >= 0.3 is 0 Å². The Morgan fingerprint density at radius 1 is 1.07 bits per heavy atom. The van der Waals surface area contributed by atoms with Crippen LogP contribution in [0.5, 0.6) is 23.0 Å². The predicted octanol–water partition coefficient (Wildman–Crippen LogP) is 4.05. The molecule has 7 nitrogen and oxygen atoms in total. The highest BCUT2D eigenvalue weighted by molar-refractivity contribution is 6.02. The molecule has 0 aliphatic carbocycles. The van der Waals surface area contributed by atoms with Crippen molar-refractivity contribution < 1.29 is 19.3 Å². The summed E-state index contributed by atoms with van der Waals surface area (Å²) in [6.07, 6.45) is 3.79. The van der Waals surface area contributed by atoms with Crippen LogP contribution >= 0.6 is 0 Å². The molecule has 3 heterocycles. The molecule has 30 heavy (non-hydrogen) atoms. The lowest BCUT2D eigenvalue weighted by Crippen LogP contribution is -2.33. The van der Waals surface area contributed by atoms with Crippen LogP contribution in [0, 0.1) is 0 Å². The van der Waals surface area contributed by atoms with Crippen molar-refractivity contribution in [1.29, 1.82) is 0 Å². The van der Waals surface area contributed by atoms with Crippen molar-refractivity contribution in [3.05, 3.63) is 77.6 Å². The molecule has 3 aromatic rings. The van der Waals surface area contributed by atoms with Crippen LogP contribution in [-0.2, 0) is 0 Å². The highest BCUT2D eigenvalue weighted by atomic mass is 16.5. The molecule has 5 rings (SSSR count). The highest BCUT2D eigenvalue weighted by Gasteiger charge is 2.42. The second-order valence-electron chi connectivity index (χ2n) is 7.17. The average Bonchev–Trinajstić information content (AvgIpc) is 3.24. The van der Waals surface area contributed by atoms with Crippen molar-refractivity contribution in [2.75, 3.05) is 14.2 Å². The summed E-state index contributed by atoms with van der Waals surface area (Å²) in [7, 11) is 3.18. The third kappa shape index (κ3) is 2.90. The van der Waals surface area contributed by atoms with Crippen molar-refractivity contribution in [2.45, 2.75) is 18.7 Å². The molecular weight excluding hydrogens is 382 g/mol. The molecule has 0 saturated carbocycles. The number of para-hydroxylation sites is 1.